The minimum absolute atomic E-state index is 0.118. The molecule has 0 saturated heterocycles. The SMILES string of the molecule is O=Cc1cc(=O)c(CBr)c(OC(F)(F)F)[nH]1. The average molecular weight is 300 g/mol. The maximum Gasteiger partial charge on any atom is 0.574 e. The molecule has 0 aromatic carbocycles. The number of aromatic amines is 1. The van der Waals surface area contributed by atoms with Crippen LogP contribution in [0.3, 0.4) is 0 Å². The minimum atomic E-state index is -4.93. The molecule has 8 heteroatoms. The van der Waals surface area contributed by atoms with Crippen molar-refractivity contribution in [3.05, 3.63) is 27.5 Å². The van der Waals surface area contributed by atoms with Crippen LogP contribution in [0.2, 0.25) is 0 Å². The molecule has 16 heavy (non-hydrogen) atoms. The number of hydrogen-bond donors (Lipinski definition) is 1. The van der Waals surface area contributed by atoms with Crippen LogP contribution in [-0.2, 0) is 5.33 Å². The van der Waals surface area contributed by atoms with Gasteiger partial charge in [-0.15, -0.1) is 13.2 Å². The molecule has 88 valence electrons. The Bertz CT molecular complexity index is 455. The predicted molar refractivity (Wildman–Crippen MR) is 51.8 cm³/mol. The van der Waals surface area contributed by atoms with E-state index in [1.807, 2.05) is 0 Å². The second-order valence-corrected chi connectivity index (χ2v) is 3.26. The van der Waals surface area contributed by atoms with Crippen LogP contribution in [0.5, 0.6) is 5.88 Å². The molecule has 0 fully saturated rings. The number of nitrogens with one attached hydrogen (secondary N) is 1. The number of ether oxygens (including phenoxy) is 1. The Kier molecular flexibility index (Phi) is 3.74. The first kappa shape index (κ1) is 12.8. The highest BCUT2D eigenvalue weighted by molar-refractivity contribution is 9.08. The topological polar surface area (TPSA) is 59.2 Å². The molecule has 0 saturated carbocycles. The number of hydrogen-bond acceptors (Lipinski definition) is 3. The number of H-pyrrole nitrogens is 1. The second-order valence-electron chi connectivity index (χ2n) is 2.70. The Balaban J connectivity index is 3.29. The zero-order chi connectivity index (χ0) is 12.3. The van der Waals surface area contributed by atoms with Gasteiger partial charge in [-0.3, -0.25) is 9.59 Å². The van der Waals surface area contributed by atoms with Gasteiger partial charge in [-0.2, -0.15) is 0 Å². The molecule has 0 radical (unpaired) electrons. The monoisotopic (exact) mass is 299 g/mol. The largest absolute Gasteiger partial charge is 0.574 e. The molecule has 0 unspecified atom stereocenters. The first-order valence-corrected chi connectivity index (χ1v) is 5.02. The summed E-state index contributed by atoms with van der Waals surface area (Å²) in [5, 5.41) is -0.118. The maximum atomic E-state index is 12.0. The summed E-state index contributed by atoms with van der Waals surface area (Å²) in [6.45, 7) is 0. The molecule has 1 N–H and O–H groups in total. The van der Waals surface area contributed by atoms with Crippen LogP contribution in [0, 0.1) is 0 Å². The van der Waals surface area contributed by atoms with E-state index >= 15 is 0 Å². The Morgan fingerprint density at radius 1 is 1.50 bits per heavy atom. The Morgan fingerprint density at radius 3 is 2.56 bits per heavy atom. The van der Waals surface area contributed by atoms with Gasteiger partial charge in [0, 0.05) is 11.4 Å². The van der Waals surface area contributed by atoms with E-state index in [-0.39, 0.29) is 22.9 Å². The molecule has 4 nitrogen and oxygen atoms in total. The van der Waals surface area contributed by atoms with Gasteiger partial charge in [0.15, 0.2) is 11.7 Å². The van der Waals surface area contributed by atoms with Crippen LogP contribution in [0.1, 0.15) is 16.1 Å². The summed E-state index contributed by atoms with van der Waals surface area (Å²) in [5.41, 5.74) is -1.23. The molecule has 1 rings (SSSR count). The van der Waals surface area contributed by atoms with Gasteiger partial charge in [-0.05, 0) is 0 Å². The lowest BCUT2D eigenvalue weighted by Gasteiger charge is -2.11. The lowest BCUT2D eigenvalue weighted by molar-refractivity contribution is -0.276. The summed E-state index contributed by atoms with van der Waals surface area (Å²) in [4.78, 5) is 23.7. The standard InChI is InChI=1S/C8H5BrF3NO3/c9-2-5-6(15)1-4(3-14)13-7(5)16-8(10,11)12/h1,3H,2H2,(H,13,15). The van der Waals surface area contributed by atoms with Crippen LogP contribution < -0.4 is 10.2 Å². The second kappa shape index (κ2) is 4.69. The number of aromatic nitrogens is 1. The molecule has 0 aliphatic rings. The summed E-state index contributed by atoms with van der Waals surface area (Å²) in [6.07, 6.45) is -4.70. The molecule has 0 bridgehead atoms. The van der Waals surface area contributed by atoms with Crippen molar-refractivity contribution in [2.45, 2.75) is 11.7 Å². The average Bonchev–Trinajstić information content (AvgIpc) is 2.14. The lowest BCUT2D eigenvalue weighted by atomic mass is 10.2. The van der Waals surface area contributed by atoms with Gasteiger partial charge in [0.05, 0.1) is 11.3 Å². The van der Waals surface area contributed by atoms with Crippen molar-refractivity contribution in [1.82, 2.24) is 4.98 Å². The van der Waals surface area contributed by atoms with Crippen molar-refractivity contribution < 1.29 is 22.7 Å². The number of rotatable bonds is 3. The van der Waals surface area contributed by atoms with Crippen molar-refractivity contribution in [3.8, 4) is 5.88 Å². The number of alkyl halides is 4. The van der Waals surface area contributed by atoms with E-state index in [2.05, 4.69) is 25.7 Å². The zero-order valence-corrected chi connectivity index (χ0v) is 9.18. The molecule has 0 atom stereocenters. The Morgan fingerprint density at radius 2 is 2.12 bits per heavy atom. The van der Waals surface area contributed by atoms with Crippen molar-refractivity contribution in [2.24, 2.45) is 0 Å². The van der Waals surface area contributed by atoms with E-state index in [9.17, 15) is 22.8 Å². The van der Waals surface area contributed by atoms with Crippen molar-refractivity contribution in [3.63, 3.8) is 0 Å². The molecule has 0 amide bonds. The van der Waals surface area contributed by atoms with Gasteiger partial charge in [0.2, 0.25) is 5.88 Å². The van der Waals surface area contributed by atoms with Crippen LogP contribution in [0.25, 0.3) is 0 Å². The number of carbonyl (C=O) groups is 1. The fraction of sp³-hybridized carbons (Fsp3) is 0.250. The van der Waals surface area contributed by atoms with Gasteiger partial charge in [0.25, 0.3) is 0 Å². The fourth-order valence-electron chi connectivity index (χ4n) is 0.976. The molecule has 1 heterocycles. The van der Waals surface area contributed by atoms with E-state index in [0.717, 1.165) is 6.07 Å². The highest BCUT2D eigenvalue weighted by Gasteiger charge is 2.33. The third kappa shape index (κ3) is 3.09. The van der Waals surface area contributed by atoms with Crippen LogP contribution in [-0.4, -0.2) is 17.6 Å². The van der Waals surface area contributed by atoms with Crippen LogP contribution >= 0.6 is 15.9 Å². The van der Waals surface area contributed by atoms with Crippen LogP contribution in [0.15, 0.2) is 10.9 Å². The number of pyridine rings is 1. The van der Waals surface area contributed by atoms with Gasteiger partial charge in [-0.1, -0.05) is 15.9 Å². The van der Waals surface area contributed by atoms with Gasteiger partial charge < -0.3 is 9.72 Å². The fourth-order valence-corrected chi connectivity index (χ4v) is 1.51. The quantitative estimate of drug-likeness (QED) is 0.686. The third-order valence-electron chi connectivity index (χ3n) is 1.59. The van der Waals surface area contributed by atoms with Crippen molar-refractivity contribution >= 4 is 22.2 Å². The summed E-state index contributed by atoms with van der Waals surface area (Å²) in [5.74, 6) is -0.779. The molecule has 0 spiro atoms. The van der Waals surface area contributed by atoms with Crippen molar-refractivity contribution in [1.29, 1.82) is 0 Å². The summed E-state index contributed by atoms with van der Waals surface area (Å²) in [7, 11) is 0. The summed E-state index contributed by atoms with van der Waals surface area (Å²) in [6, 6.07) is 0.896. The molecular weight excluding hydrogens is 295 g/mol. The molecule has 0 aliphatic heterocycles. The maximum absolute atomic E-state index is 12.0. The molecule has 1 aromatic heterocycles. The third-order valence-corrected chi connectivity index (χ3v) is 2.16. The van der Waals surface area contributed by atoms with Gasteiger partial charge in [-0.25, -0.2) is 0 Å². The number of aldehydes is 1. The van der Waals surface area contributed by atoms with Crippen LogP contribution in [0.4, 0.5) is 13.2 Å². The lowest BCUT2D eigenvalue weighted by Crippen LogP contribution is -2.22. The van der Waals surface area contributed by atoms with Crippen molar-refractivity contribution in [2.75, 3.05) is 0 Å². The summed E-state index contributed by atoms with van der Waals surface area (Å²) < 4.78 is 39.5. The van der Waals surface area contributed by atoms with E-state index in [1.165, 1.54) is 0 Å². The molecule has 1 aromatic rings. The molecule has 0 aliphatic carbocycles. The molecular formula is C8H5BrF3NO3. The zero-order valence-electron chi connectivity index (χ0n) is 7.60. The van der Waals surface area contributed by atoms with E-state index in [0.29, 0.717) is 0 Å². The van der Waals surface area contributed by atoms with E-state index in [1.54, 1.807) is 0 Å². The first-order valence-electron chi connectivity index (χ1n) is 3.90. The van der Waals surface area contributed by atoms with Gasteiger partial charge in [0.1, 0.15) is 0 Å². The van der Waals surface area contributed by atoms with E-state index in [4.69, 9.17) is 0 Å². The highest BCUT2D eigenvalue weighted by Crippen LogP contribution is 2.23. The first-order chi connectivity index (χ1) is 7.37. The minimum Gasteiger partial charge on any atom is -0.389 e. The predicted octanol–water partition coefficient (Wildman–Crippen LogP) is 1.98. The number of halogens is 4. The van der Waals surface area contributed by atoms with E-state index < -0.39 is 17.7 Å². The Hall–Kier alpha value is -1.31. The van der Waals surface area contributed by atoms with Gasteiger partial charge >= 0.3 is 6.36 Å². The Labute approximate surface area is 95.5 Å². The summed E-state index contributed by atoms with van der Waals surface area (Å²) >= 11 is 2.86. The normalized spacial score (nSPS) is 11.2. The number of carbonyl (C=O) groups excluding carboxylic acids is 1. The smallest absolute Gasteiger partial charge is 0.389 e. The highest BCUT2D eigenvalue weighted by atomic mass is 79.9.